The summed E-state index contributed by atoms with van der Waals surface area (Å²) in [6.45, 7) is 0. The normalized spacial score (nSPS) is 18.9. The summed E-state index contributed by atoms with van der Waals surface area (Å²) in [6, 6.07) is 1.61. The summed E-state index contributed by atoms with van der Waals surface area (Å²) < 4.78 is 99.3. The molecule has 2 aromatic rings. The van der Waals surface area contributed by atoms with E-state index < -0.39 is 51.9 Å². The van der Waals surface area contributed by atoms with Crippen molar-refractivity contribution in [3.8, 4) is 11.5 Å². The van der Waals surface area contributed by atoms with E-state index in [1.807, 2.05) is 4.98 Å². The van der Waals surface area contributed by atoms with E-state index in [4.69, 9.17) is 0 Å². The first-order valence-electron chi connectivity index (χ1n) is 5.83. The van der Waals surface area contributed by atoms with Gasteiger partial charge >= 0.3 is 18.4 Å². The van der Waals surface area contributed by atoms with E-state index in [2.05, 4.69) is 9.47 Å². The van der Waals surface area contributed by atoms with Crippen LogP contribution in [0.2, 0.25) is 0 Å². The van der Waals surface area contributed by atoms with Crippen LogP contribution in [-0.4, -0.2) is 17.2 Å². The summed E-state index contributed by atoms with van der Waals surface area (Å²) in [5.41, 5.74) is -3.29. The van der Waals surface area contributed by atoms with Gasteiger partial charge in [-0.15, -0.1) is 0 Å². The zero-order valence-corrected chi connectivity index (χ0v) is 10.6. The highest BCUT2D eigenvalue weighted by atomic mass is 19.4. The van der Waals surface area contributed by atoms with Crippen LogP contribution in [0.1, 0.15) is 5.56 Å². The van der Waals surface area contributed by atoms with Crippen LogP contribution >= 0.6 is 0 Å². The Morgan fingerprint density at radius 1 is 1.00 bits per heavy atom. The standard InChI is InChI=1S/C12H4F7NO3/c13-10(14,15)4-3-7(21)20-5-1-2-6-9(8(4)5)23-12(18,19)11(16,17)22-6/h1-3H,(H,20,21). The van der Waals surface area contributed by atoms with Crippen LogP contribution in [0.15, 0.2) is 23.0 Å². The van der Waals surface area contributed by atoms with Crippen molar-refractivity contribution >= 4 is 10.9 Å². The van der Waals surface area contributed by atoms with Crippen molar-refractivity contribution in [1.82, 2.24) is 4.98 Å². The number of aromatic nitrogens is 1. The summed E-state index contributed by atoms with van der Waals surface area (Å²) in [7, 11) is 0. The van der Waals surface area contributed by atoms with Gasteiger partial charge in [-0.05, 0) is 12.1 Å². The minimum Gasteiger partial charge on any atom is -0.421 e. The van der Waals surface area contributed by atoms with E-state index in [0.717, 1.165) is 6.07 Å². The van der Waals surface area contributed by atoms with E-state index >= 15 is 0 Å². The van der Waals surface area contributed by atoms with E-state index in [9.17, 15) is 35.5 Å². The van der Waals surface area contributed by atoms with E-state index in [-0.39, 0.29) is 6.07 Å². The first-order chi connectivity index (χ1) is 10.4. The smallest absolute Gasteiger partial charge is 0.421 e. The van der Waals surface area contributed by atoms with Crippen molar-refractivity contribution in [3.05, 3.63) is 34.1 Å². The predicted octanol–water partition coefficient (Wildman–Crippen LogP) is 3.50. The summed E-state index contributed by atoms with van der Waals surface area (Å²) in [4.78, 5) is 13.2. The molecule has 4 nitrogen and oxygen atoms in total. The van der Waals surface area contributed by atoms with Crippen LogP contribution in [-0.2, 0) is 6.18 Å². The SMILES string of the molecule is O=c1cc(C(F)(F)F)c2c3c(ccc2[nH]1)OC(F)(F)C(F)(F)O3. The molecule has 0 unspecified atom stereocenters. The van der Waals surface area contributed by atoms with E-state index in [1.165, 1.54) is 0 Å². The molecule has 0 bridgehead atoms. The van der Waals surface area contributed by atoms with Gasteiger partial charge in [0.25, 0.3) is 0 Å². The molecule has 1 aliphatic heterocycles. The maximum absolute atomic E-state index is 13.2. The minimum absolute atomic E-state index is 0.108. The Kier molecular flexibility index (Phi) is 2.88. The molecule has 2 heterocycles. The quantitative estimate of drug-likeness (QED) is 0.745. The molecule has 0 amide bonds. The molecule has 1 N–H and O–H groups in total. The topological polar surface area (TPSA) is 51.3 Å². The van der Waals surface area contributed by atoms with Gasteiger partial charge in [-0.1, -0.05) is 0 Å². The lowest BCUT2D eigenvalue weighted by Gasteiger charge is -2.32. The van der Waals surface area contributed by atoms with Gasteiger partial charge in [0.05, 0.1) is 16.5 Å². The Morgan fingerprint density at radius 3 is 2.22 bits per heavy atom. The Hall–Kier alpha value is -2.46. The van der Waals surface area contributed by atoms with Crippen LogP contribution in [0.3, 0.4) is 0 Å². The molecule has 0 fully saturated rings. The minimum atomic E-state index is -5.19. The Balaban J connectivity index is 2.39. The third-order valence-corrected chi connectivity index (χ3v) is 3.04. The lowest BCUT2D eigenvalue weighted by Crippen LogP contribution is -2.52. The van der Waals surface area contributed by atoms with Crippen molar-refractivity contribution < 1.29 is 40.2 Å². The molecule has 1 aliphatic rings. The second-order valence-corrected chi connectivity index (χ2v) is 4.60. The van der Waals surface area contributed by atoms with Gasteiger partial charge in [-0.3, -0.25) is 4.79 Å². The first-order valence-corrected chi connectivity index (χ1v) is 5.83. The number of nitrogens with one attached hydrogen (secondary N) is 1. The first kappa shape index (κ1) is 15.4. The van der Waals surface area contributed by atoms with Crippen LogP contribution in [0, 0.1) is 0 Å². The largest absolute Gasteiger partial charge is 0.507 e. The Bertz CT molecular complexity index is 856. The van der Waals surface area contributed by atoms with Crippen LogP contribution in [0.5, 0.6) is 11.5 Å². The summed E-state index contributed by atoms with van der Waals surface area (Å²) in [6.07, 6.45) is -15.4. The second-order valence-electron chi connectivity index (χ2n) is 4.60. The highest BCUT2D eigenvalue weighted by Crippen LogP contribution is 2.51. The van der Waals surface area contributed by atoms with Gasteiger partial charge in [0.2, 0.25) is 5.56 Å². The number of rotatable bonds is 0. The fourth-order valence-corrected chi connectivity index (χ4v) is 2.10. The van der Waals surface area contributed by atoms with Gasteiger partial charge < -0.3 is 14.5 Å². The van der Waals surface area contributed by atoms with Gasteiger partial charge in [0.15, 0.2) is 11.5 Å². The third-order valence-electron chi connectivity index (χ3n) is 3.04. The van der Waals surface area contributed by atoms with Gasteiger partial charge in [-0.25, -0.2) is 0 Å². The molecule has 3 rings (SSSR count). The number of ether oxygens (including phenoxy) is 2. The summed E-state index contributed by atoms with van der Waals surface area (Å²) >= 11 is 0. The molecule has 0 atom stereocenters. The van der Waals surface area contributed by atoms with Gasteiger partial charge in [0, 0.05) is 6.07 Å². The highest BCUT2D eigenvalue weighted by molar-refractivity contribution is 5.91. The fraction of sp³-hybridized carbons (Fsp3) is 0.250. The molecular weight excluding hydrogens is 339 g/mol. The molecule has 124 valence electrons. The van der Waals surface area contributed by atoms with Gasteiger partial charge in [0.1, 0.15) is 0 Å². The summed E-state index contributed by atoms with van der Waals surface area (Å²) in [5.74, 6) is -2.24. The number of benzene rings is 1. The summed E-state index contributed by atoms with van der Waals surface area (Å²) in [5, 5.41) is -1.01. The number of aromatic amines is 1. The molecule has 11 heteroatoms. The number of hydrogen-bond donors (Lipinski definition) is 1. The van der Waals surface area contributed by atoms with Crippen molar-refractivity contribution in [2.75, 3.05) is 0 Å². The average Bonchev–Trinajstić information content (AvgIpc) is 2.37. The monoisotopic (exact) mass is 343 g/mol. The van der Waals surface area contributed by atoms with Crippen LogP contribution < -0.4 is 15.0 Å². The number of alkyl halides is 7. The maximum atomic E-state index is 13.2. The zero-order chi connectivity index (χ0) is 17.2. The van der Waals surface area contributed by atoms with Crippen molar-refractivity contribution in [3.63, 3.8) is 0 Å². The van der Waals surface area contributed by atoms with Crippen molar-refractivity contribution in [1.29, 1.82) is 0 Å². The molecule has 1 aromatic heterocycles. The molecule has 0 saturated heterocycles. The number of fused-ring (bicyclic) bond motifs is 3. The molecular formula is C12H4F7NO3. The highest BCUT2D eigenvalue weighted by Gasteiger charge is 2.66. The lowest BCUT2D eigenvalue weighted by molar-refractivity contribution is -0.391. The predicted molar refractivity (Wildman–Crippen MR) is 60.7 cm³/mol. The fourth-order valence-electron chi connectivity index (χ4n) is 2.10. The van der Waals surface area contributed by atoms with Crippen LogP contribution in [0.25, 0.3) is 10.9 Å². The van der Waals surface area contributed by atoms with Gasteiger partial charge in [-0.2, -0.15) is 30.7 Å². The Labute approximate surface area is 121 Å². The molecule has 0 saturated carbocycles. The third kappa shape index (κ3) is 2.26. The second kappa shape index (κ2) is 4.30. The van der Waals surface area contributed by atoms with Crippen molar-refractivity contribution in [2.45, 2.75) is 18.4 Å². The van der Waals surface area contributed by atoms with E-state index in [1.54, 1.807) is 0 Å². The average molecular weight is 343 g/mol. The molecule has 23 heavy (non-hydrogen) atoms. The maximum Gasteiger partial charge on any atom is 0.507 e. The van der Waals surface area contributed by atoms with Crippen molar-refractivity contribution in [2.24, 2.45) is 0 Å². The molecule has 0 aliphatic carbocycles. The molecule has 1 aromatic carbocycles. The van der Waals surface area contributed by atoms with Crippen LogP contribution in [0.4, 0.5) is 30.7 Å². The number of pyridine rings is 1. The zero-order valence-electron chi connectivity index (χ0n) is 10.6. The lowest BCUT2D eigenvalue weighted by atomic mass is 10.1. The number of hydrogen-bond acceptors (Lipinski definition) is 3. The number of halogens is 7. The Morgan fingerprint density at radius 2 is 1.61 bits per heavy atom. The molecule has 0 radical (unpaired) electrons. The molecule has 0 spiro atoms. The number of H-pyrrole nitrogens is 1. The van der Waals surface area contributed by atoms with E-state index in [0.29, 0.717) is 6.07 Å².